The van der Waals surface area contributed by atoms with Gasteiger partial charge in [0, 0.05) is 12.3 Å². The normalized spacial score (nSPS) is 26.0. The lowest BCUT2D eigenvalue weighted by molar-refractivity contribution is 0.279. The lowest BCUT2D eigenvalue weighted by Crippen LogP contribution is -2.34. The molecule has 17 heavy (non-hydrogen) atoms. The zero-order chi connectivity index (χ0) is 12.7. The number of sulfone groups is 1. The Morgan fingerprint density at radius 1 is 1.18 bits per heavy atom. The third kappa shape index (κ3) is 7.04. The summed E-state index contributed by atoms with van der Waals surface area (Å²) in [6.07, 6.45) is 9.96. The molecule has 0 aromatic heterocycles. The van der Waals surface area contributed by atoms with E-state index in [9.17, 15) is 8.42 Å². The molecule has 0 aromatic rings. The van der Waals surface area contributed by atoms with E-state index >= 15 is 0 Å². The van der Waals surface area contributed by atoms with E-state index in [4.69, 9.17) is 0 Å². The average molecular weight is 261 g/mol. The molecule has 0 aromatic carbocycles. The van der Waals surface area contributed by atoms with Gasteiger partial charge in [-0.15, -0.1) is 0 Å². The Labute approximate surface area is 106 Å². The van der Waals surface area contributed by atoms with Crippen molar-refractivity contribution in [2.45, 2.75) is 57.9 Å². The number of hydrogen-bond acceptors (Lipinski definition) is 3. The second-order valence-electron chi connectivity index (χ2n) is 5.44. The Balaban J connectivity index is 2.06. The van der Waals surface area contributed by atoms with Gasteiger partial charge in [-0.05, 0) is 44.6 Å². The third-order valence-corrected chi connectivity index (χ3v) is 4.70. The van der Waals surface area contributed by atoms with Crippen LogP contribution < -0.4 is 5.32 Å². The van der Waals surface area contributed by atoms with Crippen LogP contribution in [0.3, 0.4) is 0 Å². The molecular weight excluding hydrogens is 234 g/mol. The van der Waals surface area contributed by atoms with Gasteiger partial charge in [0.15, 0.2) is 0 Å². The lowest BCUT2D eigenvalue weighted by Gasteiger charge is -2.29. The zero-order valence-corrected chi connectivity index (χ0v) is 12.1. The molecule has 0 saturated heterocycles. The first kappa shape index (κ1) is 15.0. The van der Waals surface area contributed by atoms with Crippen molar-refractivity contribution < 1.29 is 8.42 Å². The van der Waals surface area contributed by atoms with Crippen molar-refractivity contribution in [3.63, 3.8) is 0 Å². The molecule has 0 unspecified atom stereocenters. The van der Waals surface area contributed by atoms with Gasteiger partial charge in [0.2, 0.25) is 0 Å². The van der Waals surface area contributed by atoms with Crippen LogP contribution in [-0.4, -0.2) is 33.0 Å². The molecule has 0 amide bonds. The maximum Gasteiger partial charge on any atom is 0.147 e. The number of nitrogens with one attached hydrogen (secondary N) is 1. The molecule has 102 valence electrons. The van der Waals surface area contributed by atoms with Gasteiger partial charge in [-0.25, -0.2) is 8.42 Å². The Hall–Kier alpha value is -0.0900. The van der Waals surface area contributed by atoms with Gasteiger partial charge in [0.25, 0.3) is 0 Å². The van der Waals surface area contributed by atoms with Crippen LogP contribution in [0.5, 0.6) is 0 Å². The van der Waals surface area contributed by atoms with Crippen molar-refractivity contribution in [2.24, 2.45) is 5.92 Å². The van der Waals surface area contributed by atoms with Gasteiger partial charge in [0.05, 0.1) is 5.75 Å². The Bertz CT molecular complexity index is 293. The van der Waals surface area contributed by atoms with E-state index in [1.54, 1.807) is 0 Å². The largest absolute Gasteiger partial charge is 0.314 e. The smallest absolute Gasteiger partial charge is 0.147 e. The van der Waals surface area contributed by atoms with E-state index in [2.05, 4.69) is 12.2 Å². The van der Waals surface area contributed by atoms with Crippen molar-refractivity contribution >= 4 is 9.84 Å². The topological polar surface area (TPSA) is 46.2 Å². The molecular formula is C13H27NO2S. The van der Waals surface area contributed by atoms with Crippen molar-refractivity contribution in [3.8, 4) is 0 Å². The fourth-order valence-corrected chi connectivity index (χ4v) is 3.37. The lowest BCUT2D eigenvalue weighted by atomic mass is 9.83. The number of hydrogen-bond donors (Lipinski definition) is 1. The van der Waals surface area contributed by atoms with Crippen molar-refractivity contribution in [1.29, 1.82) is 0 Å². The maximum atomic E-state index is 11.0. The summed E-state index contributed by atoms with van der Waals surface area (Å²) in [6.45, 7) is 3.10. The molecule has 0 aliphatic heterocycles. The first-order valence-corrected chi connectivity index (χ1v) is 8.98. The molecule has 1 aliphatic carbocycles. The molecule has 4 heteroatoms. The fourth-order valence-electron chi connectivity index (χ4n) is 2.70. The second-order valence-corrected chi connectivity index (χ2v) is 7.70. The van der Waals surface area contributed by atoms with E-state index in [0.717, 1.165) is 18.9 Å². The van der Waals surface area contributed by atoms with E-state index in [1.165, 1.54) is 44.8 Å². The minimum Gasteiger partial charge on any atom is -0.314 e. The van der Waals surface area contributed by atoms with Crippen LogP contribution in [0.2, 0.25) is 0 Å². The average Bonchev–Trinajstić information content (AvgIpc) is 2.26. The number of rotatable bonds is 7. The minimum absolute atomic E-state index is 0.311. The highest BCUT2D eigenvalue weighted by atomic mass is 32.2. The van der Waals surface area contributed by atoms with Crippen LogP contribution >= 0.6 is 0 Å². The van der Waals surface area contributed by atoms with Crippen LogP contribution in [0.1, 0.15) is 51.9 Å². The summed E-state index contributed by atoms with van der Waals surface area (Å²) < 4.78 is 21.9. The van der Waals surface area contributed by atoms with Gasteiger partial charge in [0.1, 0.15) is 9.84 Å². The van der Waals surface area contributed by atoms with E-state index in [-0.39, 0.29) is 0 Å². The molecule has 0 radical (unpaired) electrons. The monoisotopic (exact) mass is 261 g/mol. The van der Waals surface area contributed by atoms with Crippen LogP contribution in [0.4, 0.5) is 0 Å². The van der Waals surface area contributed by atoms with E-state index in [1.807, 2.05) is 0 Å². The summed E-state index contributed by atoms with van der Waals surface area (Å²) in [5.74, 6) is 1.25. The molecule has 1 aliphatic rings. The fraction of sp³-hybridized carbons (Fsp3) is 1.00. The highest BCUT2D eigenvalue weighted by Crippen LogP contribution is 2.27. The van der Waals surface area contributed by atoms with E-state index < -0.39 is 9.84 Å². The van der Waals surface area contributed by atoms with Crippen molar-refractivity contribution in [1.82, 2.24) is 5.32 Å². The Morgan fingerprint density at radius 3 is 2.35 bits per heavy atom. The van der Waals surface area contributed by atoms with Crippen LogP contribution in [0.15, 0.2) is 0 Å². The predicted octanol–water partition coefficient (Wildman–Crippen LogP) is 2.37. The Morgan fingerprint density at radius 2 is 1.82 bits per heavy atom. The summed E-state index contributed by atoms with van der Waals surface area (Å²) in [5.41, 5.74) is 0. The Kier molecular flexibility index (Phi) is 6.49. The standard InChI is InChI=1S/C13H27NO2S/c1-3-5-12-6-8-13(9-7-12)14-10-4-11-17(2,15)16/h12-14H,3-11H2,1-2H3. The summed E-state index contributed by atoms with van der Waals surface area (Å²) in [6, 6.07) is 0.627. The summed E-state index contributed by atoms with van der Waals surface area (Å²) in [5, 5.41) is 3.49. The first-order chi connectivity index (χ1) is 8.01. The molecule has 1 rings (SSSR count). The van der Waals surface area contributed by atoms with Gasteiger partial charge in [-0.1, -0.05) is 19.8 Å². The molecule has 3 nitrogen and oxygen atoms in total. The maximum absolute atomic E-state index is 11.0. The summed E-state index contributed by atoms with van der Waals surface area (Å²) in [4.78, 5) is 0. The summed E-state index contributed by atoms with van der Waals surface area (Å²) >= 11 is 0. The van der Waals surface area contributed by atoms with Crippen LogP contribution in [0, 0.1) is 5.92 Å². The van der Waals surface area contributed by atoms with Gasteiger partial charge in [-0.3, -0.25) is 0 Å². The molecule has 1 fully saturated rings. The van der Waals surface area contributed by atoms with Crippen molar-refractivity contribution in [2.75, 3.05) is 18.6 Å². The SMILES string of the molecule is CCCC1CCC(NCCCS(C)(=O)=O)CC1. The van der Waals surface area contributed by atoms with Gasteiger partial charge >= 0.3 is 0 Å². The van der Waals surface area contributed by atoms with Gasteiger partial charge < -0.3 is 5.32 Å². The third-order valence-electron chi connectivity index (χ3n) is 3.67. The predicted molar refractivity (Wildman–Crippen MR) is 73.0 cm³/mol. The van der Waals surface area contributed by atoms with Crippen molar-refractivity contribution in [3.05, 3.63) is 0 Å². The minimum atomic E-state index is -2.78. The molecule has 1 N–H and O–H groups in total. The van der Waals surface area contributed by atoms with Gasteiger partial charge in [-0.2, -0.15) is 0 Å². The molecule has 0 spiro atoms. The van der Waals surface area contributed by atoms with Crippen LogP contribution in [-0.2, 0) is 9.84 Å². The molecule has 0 bridgehead atoms. The summed E-state index contributed by atoms with van der Waals surface area (Å²) in [7, 11) is -2.78. The highest BCUT2D eigenvalue weighted by molar-refractivity contribution is 7.90. The quantitative estimate of drug-likeness (QED) is 0.716. The second kappa shape index (κ2) is 7.37. The zero-order valence-electron chi connectivity index (χ0n) is 11.2. The molecule has 1 saturated carbocycles. The van der Waals surface area contributed by atoms with Crippen LogP contribution in [0.25, 0.3) is 0 Å². The first-order valence-electron chi connectivity index (χ1n) is 6.92. The molecule has 0 heterocycles. The van der Waals surface area contributed by atoms with E-state index in [0.29, 0.717) is 11.8 Å². The molecule has 0 atom stereocenters. The highest BCUT2D eigenvalue weighted by Gasteiger charge is 2.19.